The van der Waals surface area contributed by atoms with E-state index in [4.69, 9.17) is 9.47 Å². The zero-order valence-electron chi connectivity index (χ0n) is 16.0. The van der Waals surface area contributed by atoms with Crippen LogP contribution in [0.2, 0.25) is 0 Å². The number of rotatable bonds is 7. The lowest BCUT2D eigenvalue weighted by atomic mass is 10.1. The Hall–Kier alpha value is -3.01. The van der Waals surface area contributed by atoms with Crippen molar-refractivity contribution in [3.8, 4) is 11.5 Å². The van der Waals surface area contributed by atoms with Crippen LogP contribution in [-0.2, 0) is 4.79 Å². The molecular weight excluding hydrogens is 338 g/mol. The van der Waals surface area contributed by atoms with Crippen LogP contribution in [0, 0.1) is 13.8 Å². The Balaban J connectivity index is 1.48. The number of aryl methyl sites for hydroxylation is 1. The van der Waals surface area contributed by atoms with Crippen molar-refractivity contribution in [1.29, 1.82) is 0 Å². The van der Waals surface area contributed by atoms with Crippen molar-refractivity contribution in [2.24, 2.45) is 0 Å². The molecule has 0 radical (unpaired) electrons. The molecule has 1 amide bonds. The fourth-order valence-corrected chi connectivity index (χ4v) is 2.86. The van der Waals surface area contributed by atoms with E-state index in [-0.39, 0.29) is 5.91 Å². The van der Waals surface area contributed by atoms with Gasteiger partial charge in [-0.25, -0.2) is 0 Å². The lowest BCUT2D eigenvalue weighted by molar-refractivity contribution is -0.127. The van der Waals surface area contributed by atoms with E-state index >= 15 is 0 Å². The first-order valence-electron chi connectivity index (χ1n) is 9.17. The predicted octanol–water partition coefficient (Wildman–Crippen LogP) is 4.42. The van der Waals surface area contributed by atoms with Crippen LogP contribution in [0.3, 0.4) is 0 Å². The number of hydrogen-bond donors (Lipinski definition) is 1. The third-order valence-electron chi connectivity index (χ3n) is 4.62. The number of carbonyl (C=O) groups excluding carboxylic acids is 1. The number of amides is 1. The lowest BCUT2D eigenvalue weighted by Crippen LogP contribution is -2.38. The van der Waals surface area contributed by atoms with Crippen molar-refractivity contribution in [1.82, 2.24) is 5.32 Å². The van der Waals surface area contributed by atoms with Crippen LogP contribution in [0.4, 0.5) is 0 Å². The second-order valence-electron chi connectivity index (χ2n) is 6.61. The molecule has 0 saturated carbocycles. The van der Waals surface area contributed by atoms with Gasteiger partial charge >= 0.3 is 0 Å². The van der Waals surface area contributed by atoms with Crippen LogP contribution in [0.25, 0.3) is 10.8 Å². The monoisotopic (exact) mass is 363 g/mol. The van der Waals surface area contributed by atoms with Crippen molar-refractivity contribution in [2.45, 2.75) is 26.9 Å². The summed E-state index contributed by atoms with van der Waals surface area (Å²) >= 11 is 0. The fraction of sp³-hybridized carbons (Fsp3) is 0.261. The van der Waals surface area contributed by atoms with Crippen molar-refractivity contribution >= 4 is 16.7 Å². The van der Waals surface area contributed by atoms with Gasteiger partial charge in [0.1, 0.15) is 18.1 Å². The smallest absolute Gasteiger partial charge is 0.260 e. The SMILES string of the molecule is Cc1cccc(OCCNC(=O)C(C)Oc2ccc3ccccc3c2)c1C. The van der Waals surface area contributed by atoms with Gasteiger partial charge in [0, 0.05) is 0 Å². The standard InChI is InChI=1S/C23H25NO3/c1-16-7-6-10-22(17(16)2)26-14-13-24-23(25)18(3)27-21-12-11-19-8-4-5-9-20(19)15-21/h4-12,15,18H,13-14H2,1-3H3,(H,24,25). The van der Waals surface area contributed by atoms with E-state index in [2.05, 4.69) is 18.3 Å². The Morgan fingerprint density at radius 3 is 2.59 bits per heavy atom. The Morgan fingerprint density at radius 2 is 1.78 bits per heavy atom. The third kappa shape index (κ3) is 4.79. The first kappa shape index (κ1) is 18.8. The number of fused-ring (bicyclic) bond motifs is 1. The van der Waals surface area contributed by atoms with Gasteiger partial charge in [0.15, 0.2) is 6.10 Å². The molecule has 0 bridgehead atoms. The number of benzene rings is 3. The van der Waals surface area contributed by atoms with E-state index in [1.165, 1.54) is 5.56 Å². The highest BCUT2D eigenvalue weighted by Crippen LogP contribution is 2.22. The molecule has 4 nitrogen and oxygen atoms in total. The highest BCUT2D eigenvalue weighted by Gasteiger charge is 2.14. The van der Waals surface area contributed by atoms with Gasteiger partial charge in [-0.2, -0.15) is 0 Å². The first-order chi connectivity index (χ1) is 13.0. The minimum atomic E-state index is -0.577. The maximum atomic E-state index is 12.3. The Bertz CT molecular complexity index is 936. The molecule has 0 fully saturated rings. The number of nitrogens with one attached hydrogen (secondary N) is 1. The minimum absolute atomic E-state index is 0.160. The largest absolute Gasteiger partial charge is 0.491 e. The summed E-state index contributed by atoms with van der Waals surface area (Å²) in [6.45, 7) is 6.67. The highest BCUT2D eigenvalue weighted by atomic mass is 16.5. The van der Waals surface area contributed by atoms with E-state index in [9.17, 15) is 4.79 Å². The maximum absolute atomic E-state index is 12.3. The fourth-order valence-electron chi connectivity index (χ4n) is 2.86. The van der Waals surface area contributed by atoms with Crippen LogP contribution in [0.1, 0.15) is 18.1 Å². The molecule has 3 aromatic rings. The number of ether oxygens (including phenoxy) is 2. The summed E-state index contributed by atoms with van der Waals surface area (Å²) in [4.78, 5) is 12.3. The summed E-state index contributed by atoms with van der Waals surface area (Å²) in [5.41, 5.74) is 2.31. The Morgan fingerprint density at radius 1 is 1.00 bits per heavy atom. The quantitative estimate of drug-likeness (QED) is 0.632. The molecule has 0 aliphatic rings. The van der Waals surface area contributed by atoms with E-state index in [0.29, 0.717) is 18.9 Å². The zero-order valence-corrected chi connectivity index (χ0v) is 16.0. The molecule has 0 aromatic heterocycles. The highest BCUT2D eigenvalue weighted by molar-refractivity contribution is 5.84. The van der Waals surface area contributed by atoms with E-state index in [1.54, 1.807) is 6.92 Å². The molecule has 4 heteroatoms. The molecule has 0 aliphatic heterocycles. The summed E-state index contributed by atoms with van der Waals surface area (Å²) in [6.07, 6.45) is -0.577. The zero-order chi connectivity index (χ0) is 19.2. The molecule has 1 atom stereocenters. The van der Waals surface area contributed by atoms with Gasteiger partial charge in [0.25, 0.3) is 5.91 Å². The minimum Gasteiger partial charge on any atom is -0.491 e. The molecule has 27 heavy (non-hydrogen) atoms. The average Bonchev–Trinajstić information content (AvgIpc) is 2.68. The van der Waals surface area contributed by atoms with Gasteiger partial charge in [0.2, 0.25) is 0 Å². The van der Waals surface area contributed by atoms with E-state index < -0.39 is 6.10 Å². The van der Waals surface area contributed by atoms with E-state index in [1.807, 2.05) is 61.5 Å². The lowest BCUT2D eigenvalue weighted by Gasteiger charge is -2.16. The van der Waals surface area contributed by atoms with Gasteiger partial charge in [-0.05, 0) is 60.9 Å². The summed E-state index contributed by atoms with van der Waals surface area (Å²) in [5.74, 6) is 1.38. The van der Waals surface area contributed by atoms with Crippen LogP contribution in [0.15, 0.2) is 60.7 Å². The van der Waals surface area contributed by atoms with Crippen LogP contribution in [-0.4, -0.2) is 25.2 Å². The summed E-state index contributed by atoms with van der Waals surface area (Å²) in [5, 5.41) is 5.09. The molecule has 0 heterocycles. The second-order valence-corrected chi connectivity index (χ2v) is 6.61. The molecule has 3 rings (SSSR count). The summed E-state index contributed by atoms with van der Waals surface area (Å²) in [6, 6.07) is 19.8. The average molecular weight is 363 g/mol. The van der Waals surface area contributed by atoms with Crippen LogP contribution in [0.5, 0.6) is 11.5 Å². The van der Waals surface area contributed by atoms with Gasteiger partial charge in [-0.1, -0.05) is 42.5 Å². The molecule has 140 valence electrons. The van der Waals surface area contributed by atoms with Gasteiger partial charge in [-0.3, -0.25) is 4.79 Å². The molecule has 3 aromatic carbocycles. The molecule has 1 N–H and O–H groups in total. The van der Waals surface area contributed by atoms with Crippen molar-refractivity contribution in [3.05, 3.63) is 71.8 Å². The van der Waals surface area contributed by atoms with E-state index in [0.717, 1.165) is 22.1 Å². The Labute approximate surface area is 160 Å². The Kier molecular flexibility index (Phi) is 5.97. The number of hydrogen-bond acceptors (Lipinski definition) is 3. The molecular formula is C23H25NO3. The molecule has 0 saturated heterocycles. The third-order valence-corrected chi connectivity index (χ3v) is 4.62. The maximum Gasteiger partial charge on any atom is 0.260 e. The number of carbonyl (C=O) groups is 1. The van der Waals surface area contributed by atoms with Crippen LogP contribution >= 0.6 is 0 Å². The molecule has 0 aliphatic carbocycles. The second kappa shape index (κ2) is 8.58. The first-order valence-corrected chi connectivity index (χ1v) is 9.17. The molecule has 1 unspecified atom stereocenters. The van der Waals surface area contributed by atoms with Crippen molar-refractivity contribution in [3.63, 3.8) is 0 Å². The molecule has 0 spiro atoms. The van der Waals surface area contributed by atoms with Gasteiger partial charge in [0.05, 0.1) is 6.54 Å². The summed E-state index contributed by atoms with van der Waals surface area (Å²) < 4.78 is 11.5. The van der Waals surface area contributed by atoms with Crippen molar-refractivity contribution < 1.29 is 14.3 Å². The van der Waals surface area contributed by atoms with Crippen molar-refractivity contribution in [2.75, 3.05) is 13.2 Å². The summed E-state index contributed by atoms with van der Waals surface area (Å²) in [7, 11) is 0. The topological polar surface area (TPSA) is 47.6 Å². The van der Waals surface area contributed by atoms with Crippen LogP contribution < -0.4 is 14.8 Å². The normalized spacial score (nSPS) is 11.8. The predicted molar refractivity (Wildman–Crippen MR) is 108 cm³/mol. The van der Waals surface area contributed by atoms with Gasteiger partial charge < -0.3 is 14.8 Å². The van der Waals surface area contributed by atoms with Gasteiger partial charge in [-0.15, -0.1) is 0 Å².